The molecule has 2 N–H and O–H groups in total. The van der Waals surface area contributed by atoms with Crippen LogP contribution in [0.3, 0.4) is 0 Å². The van der Waals surface area contributed by atoms with Gasteiger partial charge in [0.1, 0.15) is 0 Å². The van der Waals surface area contributed by atoms with Gasteiger partial charge in [0.25, 0.3) is 0 Å². The summed E-state index contributed by atoms with van der Waals surface area (Å²) in [5.41, 5.74) is 0.731. The second kappa shape index (κ2) is 11.1. The second-order valence-electron chi connectivity index (χ2n) is 5.00. The number of halogens is 1. The molecule has 0 fully saturated rings. The van der Waals surface area contributed by atoms with Crippen LogP contribution in [0.2, 0.25) is 5.02 Å². The number of nitrogens with one attached hydrogen (secondary N) is 2. The molecule has 0 spiro atoms. The molecule has 0 aliphatic carbocycles. The molecule has 1 aromatic rings. The topological polar surface area (TPSA) is 75.3 Å². The van der Waals surface area contributed by atoms with Crippen LogP contribution in [0.4, 0.5) is 5.69 Å². The van der Waals surface area contributed by atoms with Crippen molar-refractivity contribution < 1.29 is 14.4 Å². The summed E-state index contributed by atoms with van der Waals surface area (Å²) in [6, 6.07) is 6.97. The molecule has 7 heteroatoms. The number of amides is 2. The Morgan fingerprint density at radius 1 is 1.04 bits per heavy atom. The first-order chi connectivity index (χ1) is 11.0. The van der Waals surface area contributed by atoms with Gasteiger partial charge in [-0.1, -0.05) is 29.8 Å². The van der Waals surface area contributed by atoms with Gasteiger partial charge in [0, 0.05) is 30.6 Å². The highest BCUT2D eigenvalue weighted by Crippen LogP contribution is 2.14. The molecule has 0 aromatic heterocycles. The van der Waals surface area contributed by atoms with Crippen molar-refractivity contribution in [3.8, 4) is 0 Å². The molecular weight excluding hydrogens is 336 g/mol. The van der Waals surface area contributed by atoms with Crippen LogP contribution in [0.5, 0.6) is 0 Å². The molecule has 0 bridgehead atoms. The molecule has 5 nitrogen and oxygen atoms in total. The Morgan fingerprint density at radius 3 is 2.39 bits per heavy atom. The predicted octanol–water partition coefficient (Wildman–Crippen LogP) is 3.23. The van der Waals surface area contributed by atoms with Crippen LogP contribution in [0, 0.1) is 0 Å². The Balaban J connectivity index is 2.04. The highest BCUT2D eigenvalue weighted by molar-refractivity contribution is 8.14. The molecule has 0 aliphatic heterocycles. The molecule has 1 rings (SSSR count). The minimum atomic E-state index is -0.134. The molecule has 23 heavy (non-hydrogen) atoms. The van der Waals surface area contributed by atoms with Crippen molar-refractivity contribution in [2.75, 3.05) is 17.6 Å². The molecular formula is C16H21ClN2O3S. The fourth-order valence-electron chi connectivity index (χ4n) is 1.79. The summed E-state index contributed by atoms with van der Waals surface area (Å²) < 4.78 is 0. The zero-order valence-corrected chi connectivity index (χ0v) is 14.6. The van der Waals surface area contributed by atoms with E-state index in [1.165, 1.54) is 6.92 Å². The van der Waals surface area contributed by atoms with Gasteiger partial charge in [-0.25, -0.2) is 0 Å². The zero-order chi connectivity index (χ0) is 17.1. The highest BCUT2D eigenvalue weighted by atomic mass is 35.5. The lowest BCUT2D eigenvalue weighted by molar-refractivity contribution is -0.119. The maximum Gasteiger partial charge on any atom is 0.230 e. The van der Waals surface area contributed by atoms with E-state index in [9.17, 15) is 14.4 Å². The Morgan fingerprint density at radius 2 is 1.74 bits per heavy atom. The molecule has 126 valence electrons. The molecule has 0 aliphatic rings. The molecule has 1 aromatic carbocycles. The lowest BCUT2D eigenvalue weighted by Gasteiger charge is -2.06. The van der Waals surface area contributed by atoms with Crippen molar-refractivity contribution in [3.05, 3.63) is 29.3 Å². The number of unbranched alkanes of at least 4 members (excludes halogenated alkanes) is 2. The minimum absolute atomic E-state index is 0.0331. The van der Waals surface area contributed by atoms with E-state index in [0.717, 1.165) is 36.7 Å². The van der Waals surface area contributed by atoms with Crippen LogP contribution >= 0.6 is 23.4 Å². The maximum absolute atomic E-state index is 11.7. The Bertz CT molecular complexity index is 535. The zero-order valence-electron chi connectivity index (χ0n) is 13.1. The highest BCUT2D eigenvalue weighted by Gasteiger charge is 2.04. The van der Waals surface area contributed by atoms with Gasteiger partial charge in [-0.3, -0.25) is 14.4 Å². The van der Waals surface area contributed by atoms with Gasteiger partial charge >= 0.3 is 0 Å². The monoisotopic (exact) mass is 356 g/mol. The van der Waals surface area contributed by atoms with Gasteiger partial charge in [0.15, 0.2) is 5.12 Å². The van der Waals surface area contributed by atoms with E-state index in [1.54, 1.807) is 24.3 Å². The molecule has 0 saturated heterocycles. The number of hydrogen-bond acceptors (Lipinski definition) is 4. The van der Waals surface area contributed by atoms with Gasteiger partial charge in [-0.15, -0.1) is 0 Å². The Hall–Kier alpha value is -1.53. The van der Waals surface area contributed by atoms with Crippen LogP contribution in [0.1, 0.15) is 32.6 Å². The van der Waals surface area contributed by atoms with Crippen LogP contribution in [-0.4, -0.2) is 29.2 Å². The number of thioether (sulfide) groups is 1. The minimum Gasteiger partial charge on any atom is -0.355 e. The summed E-state index contributed by atoms with van der Waals surface area (Å²) in [4.78, 5) is 33.8. The smallest absolute Gasteiger partial charge is 0.230 e. The average molecular weight is 357 g/mol. The first-order valence-corrected chi connectivity index (χ1v) is 8.79. The predicted molar refractivity (Wildman–Crippen MR) is 94.7 cm³/mol. The van der Waals surface area contributed by atoms with Crippen LogP contribution in [0.25, 0.3) is 0 Å². The summed E-state index contributed by atoms with van der Waals surface area (Å²) in [6.45, 7) is 2.00. The number of benzene rings is 1. The molecule has 0 unspecified atom stereocenters. The van der Waals surface area contributed by atoms with Crippen molar-refractivity contribution in [2.45, 2.75) is 32.6 Å². The summed E-state index contributed by atoms with van der Waals surface area (Å²) in [6.07, 6.45) is 2.87. The Kier molecular flexibility index (Phi) is 9.40. The normalized spacial score (nSPS) is 10.2. The first kappa shape index (κ1) is 19.5. The molecule has 0 saturated carbocycles. The van der Waals surface area contributed by atoms with Crippen molar-refractivity contribution in [1.29, 1.82) is 0 Å². The summed E-state index contributed by atoms with van der Waals surface area (Å²) in [5.74, 6) is -0.00125. The van der Waals surface area contributed by atoms with Gasteiger partial charge in [-0.05, 0) is 37.1 Å². The second-order valence-corrected chi connectivity index (χ2v) is 6.58. The molecule has 2 amide bonds. The maximum atomic E-state index is 11.7. The van der Waals surface area contributed by atoms with Crippen LogP contribution in [0.15, 0.2) is 24.3 Å². The van der Waals surface area contributed by atoms with E-state index in [2.05, 4.69) is 10.6 Å². The largest absolute Gasteiger partial charge is 0.355 e. The van der Waals surface area contributed by atoms with E-state index in [1.807, 2.05) is 0 Å². The lowest BCUT2D eigenvalue weighted by atomic mass is 10.2. The number of carbonyl (C=O) groups excluding carboxylic acids is 3. The SMILES string of the molecule is CC(=O)SCC(=O)NCCCCCC(=O)Nc1ccc(Cl)cc1. The van der Waals surface area contributed by atoms with E-state index >= 15 is 0 Å². The number of hydrogen-bond donors (Lipinski definition) is 2. The summed E-state index contributed by atoms with van der Waals surface area (Å²) >= 11 is 6.78. The third-order valence-corrected chi connectivity index (χ3v) is 4.00. The first-order valence-electron chi connectivity index (χ1n) is 7.43. The van der Waals surface area contributed by atoms with Crippen molar-refractivity contribution >= 4 is 46.0 Å². The fraction of sp³-hybridized carbons (Fsp3) is 0.438. The summed E-state index contributed by atoms with van der Waals surface area (Å²) in [7, 11) is 0. The fourth-order valence-corrected chi connectivity index (χ4v) is 2.35. The van der Waals surface area contributed by atoms with Gasteiger partial charge in [-0.2, -0.15) is 0 Å². The number of carbonyl (C=O) groups is 3. The molecule has 0 atom stereocenters. The van der Waals surface area contributed by atoms with E-state index in [4.69, 9.17) is 11.6 Å². The molecule has 0 heterocycles. The van der Waals surface area contributed by atoms with Gasteiger partial charge in [0.2, 0.25) is 11.8 Å². The van der Waals surface area contributed by atoms with E-state index in [-0.39, 0.29) is 22.7 Å². The number of rotatable bonds is 9. The number of anilines is 1. The lowest BCUT2D eigenvalue weighted by Crippen LogP contribution is -2.26. The third kappa shape index (κ3) is 9.97. The standard InChI is InChI=1S/C16H21ClN2O3S/c1-12(20)23-11-16(22)18-10-4-2-3-5-15(21)19-14-8-6-13(17)7-9-14/h6-9H,2-5,10-11H2,1H3,(H,18,22)(H,19,21). The van der Waals surface area contributed by atoms with Crippen molar-refractivity contribution in [2.24, 2.45) is 0 Å². The van der Waals surface area contributed by atoms with Gasteiger partial charge in [0.05, 0.1) is 5.75 Å². The quantitative estimate of drug-likeness (QED) is 0.666. The van der Waals surface area contributed by atoms with Gasteiger partial charge < -0.3 is 10.6 Å². The van der Waals surface area contributed by atoms with Crippen LogP contribution in [-0.2, 0) is 14.4 Å². The van der Waals surface area contributed by atoms with Crippen molar-refractivity contribution in [3.63, 3.8) is 0 Å². The van der Waals surface area contributed by atoms with Crippen LogP contribution < -0.4 is 10.6 Å². The van der Waals surface area contributed by atoms with Crippen molar-refractivity contribution in [1.82, 2.24) is 5.32 Å². The molecule has 0 radical (unpaired) electrons. The third-order valence-electron chi connectivity index (χ3n) is 2.94. The summed E-state index contributed by atoms with van der Waals surface area (Å²) in [5, 5.41) is 6.12. The van der Waals surface area contributed by atoms with E-state index in [0.29, 0.717) is 18.0 Å². The Labute approximate surface area is 145 Å². The average Bonchev–Trinajstić information content (AvgIpc) is 2.51. The van der Waals surface area contributed by atoms with E-state index < -0.39 is 0 Å².